The maximum atomic E-state index is 13.7. The lowest BCUT2D eigenvalue weighted by atomic mass is 10.1. The number of carbonyl (C=O) groups is 1. The van der Waals surface area contributed by atoms with Crippen molar-refractivity contribution < 1.29 is 13.6 Å². The second-order valence-corrected chi connectivity index (χ2v) is 7.24. The molecule has 0 saturated heterocycles. The van der Waals surface area contributed by atoms with Gasteiger partial charge in [-0.2, -0.15) is 0 Å². The van der Waals surface area contributed by atoms with Crippen LogP contribution in [0, 0.1) is 24.5 Å². The molecule has 1 N–H and O–H groups in total. The Labute approximate surface area is 135 Å². The maximum Gasteiger partial charge on any atom is 0.229 e. The number of benzene rings is 1. The van der Waals surface area contributed by atoms with E-state index in [4.69, 9.17) is 0 Å². The third-order valence-corrected chi connectivity index (χ3v) is 5.95. The molecule has 116 valence electrons. The monoisotopic (exact) mass is 340 g/mol. The number of halogens is 2. The number of aryl methyl sites for hydroxylation is 1. The highest BCUT2D eigenvalue weighted by Crippen LogP contribution is 2.49. The zero-order valence-corrected chi connectivity index (χ0v) is 13.7. The molecule has 1 aliphatic carbocycles. The molecule has 3 nitrogen and oxygen atoms in total. The average molecular weight is 340 g/mol. The second-order valence-electron chi connectivity index (χ2n) is 5.17. The van der Waals surface area contributed by atoms with Gasteiger partial charge in [-0.05, 0) is 31.7 Å². The van der Waals surface area contributed by atoms with Crippen molar-refractivity contribution in [3.8, 4) is 0 Å². The van der Waals surface area contributed by atoms with E-state index in [1.54, 1.807) is 11.8 Å². The third kappa shape index (κ3) is 2.87. The minimum atomic E-state index is -0.588. The number of carbonyl (C=O) groups excluding carboxylic acids is 1. The molecule has 1 aliphatic rings. The van der Waals surface area contributed by atoms with Crippen LogP contribution in [0.25, 0.3) is 0 Å². The fourth-order valence-electron chi connectivity index (χ4n) is 2.49. The van der Waals surface area contributed by atoms with Gasteiger partial charge in [-0.25, -0.2) is 13.8 Å². The Bertz CT molecular complexity index is 712. The van der Waals surface area contributed by atoms with Crippen molar-refractivity contribution in [2.24, 2.45) is 5.92 Å². The van der Waals surface area contributed by atoms with Crippen molar-refractivity contribution in [3.63, 3.8) is 0 Å². The fourth-order valence-corrected chi connectivity index (χ4v) is 4.11. The van der Waals surface area contributed by atoms with Crippen LogP contribution < -0.4 is 5.32 Å². The molecule has 2 unspecified atom stereocenters. The van der Waals surface area contributed by atoms with Crippen LogP contribution in [-0.4, -0.2) is 17.1 Å². The highest BCUT2D eigenvalue weighted by molar-refractivity contribution is 8.00. The summed E-state index contributed by atoms with van der Waals surface area (Å²) in [5, 5.41) is 3.28. The van der Waals surface area contributed by atoms with Gasteiger partial charge in [-0.15, -0.1) is 11.8 Å². The number of thioether (sulfide) groups is 1. The zero-order valence-electron chi connectivity index (χ0n) is 12.0. The van der Waals surface area contributed by atoms with Crippen LogP contribution in [0.4, 0.5) is 13.9 Å². The Morgan fingerprint density at radius 3 is 2.68 bits per heavy atom. The van der Waals surface area contributed by atoms with Gasteiger partial charge in [0.25, 0.3) is 0 Å². The Balaban J connectivity index is 1.70. The van der Waals surface area contributed by atoms with Gasteiger partial charge in [-0.1, -0.05) is 17.4 Å². The highest BCUT2D eigenvalue weighted by atomic mass is 32.2. The predicted octanol–water partition coefficient (Wildman–Crippen LogP) is 4.19. The molecule has 7 heteroatoms. The zero-order chi connectivity index (χ0) is 15.9. The van der Waals surface area contributed by atoms with Crippen LogP contribution in [0.5, 0.6) is 0 Å². The molecule has 1 saturated carbocycles. The molecule has 0 radical (unpaired) electrons. The summed E-state index contributed by atoms with van der Waals surface area (Å²) in [6.45, 7) is 1.88. The standard InChI is InChI=1S/C15H14F2N2OS2/c1-7-14(21-2)22-15(18-7)19-13(20)9-6-8(9)12-10(16)4-3-5-11(12)17/h3-5,8-9H,6H2,1-2H3,(H,18,19,20). The first kappa shape index (κ1) is 15.4. The summed E-state index contributed by atoms with van der Waals surface area (Å²) in [5.74, 6) is -2.19. The molecule has 1 aromatic carbocycles. The minimum absolute atomic E-state index is 0.0165. The topological polar surface area (TPSA) is 42.0 Å². The molecule has 1 fully saturated rings. The summed E-state index contributed by atoms with van der Waals surface area (Å²) >= 11 is 2.98. The van der Waals surface area contributed by atoms with E-state index in [9.17, 15) is 13.6 Å². The van der Waals surface area contributed by atoms with Crippen molar-refractivity contribution in [2.45, 2.75) is 23.5 Å². The molecule has 1 amide bonds. The average Bonchev–Trinajstić information content (AvgIpc) is 3.16. The number of nitrogens with one attached hydrogen (secondary N) is 1. The molecular weight excluding hydrogens is 326 g/mol. The summed E-state index contributed by atoms with van der Waals surface area (Å²) in [6, 6.07) is 3.77. The molecule has 2 atom stereocenters. The summed E-state index contributed by atoms with van der Waals surface area (Å²) in [7, 11) is 0. The van der Waals surface area contributed by atoms with Crippen molar-refractivity contribution in [2.75, 3.05) is 11.6 Å². The number of nitrogens with zero attached hydrogens (tertiary/aromatic N) is 1. The van der Waals surface area contributed by atoms with Crippen LogP contribution in [0.3, 0.4) is 0 Å². The van der Waals surface area contributed by atoms with E-state index < -0.39 is 17.6 Å². The van der Waals surface area contributed by atoms with Gasteiger partial charge < -0.3 is 5.32 Å². The van der Waals surface area contributed by atoms with Crippen molar-refractivity contribution >= 4 is 34.1 Å². The van der Waals surface area contributed by atoms with E-state index in [0.717, 1.165) is 9.90 Å². The Kier molecular flexibility index (Phi) is 4.18. The molecule has 0 bridgehead atoms. The first-order chi connectivity index (χ1) is 10.5. The number of rotatable bonds is 4. The normalized spacial score (nSPS) is 20.0. The number of hydrogen-bond donors (Lipinski definition) is 1. The highest BCUT2D eigenvalue weighted by Gasteiger charge is 2.46. The predicted molar refractivity (Wildman–Crippen MR) is 84.5 cm³/mol. The van der Waals surface area contributed by atoms with E-state index in [1.165, 1.54) is 29.5 Å². The molecule has 0 spiro atoms. The lowest BCUT2D eigenvalue weighted by Crippen LogP contribution is -2.14. The molecule has 3 rings (SSSR count). The van der Waals surface area contributed by atoms with Gasteiger partial charge in [-0.3, -0.25) is 4.79 Å². The molecule has 22 heavy (non-hydrogen) atoms. The van der Waals surface area contributed by atoms with Crippen molar-refractivity contribution in [1.29, 1.82) is 0 Å². The second kappa shape index (κ2) is 5.96. The first-order valence-corrected chi connectivity index (χ1v) is 8.81. The molecule has 1 aromatic heterocycles. The van der Waals surface area contributed by atoms with E-state index in [2.05, 4.69) is 10.3 Å². The number of amides is 1. The minimum Gasteiger partial charge on any atom is -0.302 e. The Hall–Kier alpha value is -1.47. The SMILES string of the molecule is CSc1sc(NC(=O)C2CC2c2c(F)cccc2F)nc1C. The molecule has 1 heterocycles. The lowest BCUT2D eigenvalue weighted by Gasteiger charge is -2.04. The van der Waals surface area contributed by atoms with Crippen LogP contribution in [0.15, 0.2) is 22.4 Å². The van der Waals surface area contributed by atoms with Gasteiger partial charge >= 0.3 is 0 Å². The van der Waals surface area contributed by atoms with E-state index in [0.29, 0.717) is 11.6 Å². The van der Waals surface area contributed by atoms with Crippen LogP contribution in [0.1, 0.15) is 23.6 Å². The van der Waals surface area contributed by atoms with E-state index in [1.807, 2.05) is 13.2 Å². The van der Waals surface area contributed by atoms with Gasteiger partial charge in [0.2, 0.25) is 5.91 Å². The maximum absolute atomic E-state index is 13.7. The van der Waals surface area contributed by atoms with Crippen molar-refractivity contribution in [3.05, 3.63) is 41.1 Å². The van der Waals surface area contributed by atoms with E-state index in [-0.39, 0.29) is 17.4 Å². The fraction of sp³-hybridized carbons (Fsp3) is 0.333. The quantitative estimate of drug-likeness (QED) is 0.849. The van der Waals surface area contributed by atoms with Crippen molar-refractivity contribution in [1.82, 2.24) is 4.98 Å². The van der Waals surface area contributed by atoms with Crippen LogP contribution in [0.2, 0.25) is 0 Å². The third-order valence-electron chi connectivity index (χ3n) is 3.67. The number of aromatic nitrogens is 1. The van der Waals surface area contributed by atoms with Gasteiger partial charge in [0.1, 0.15) is 11.6 Å². The van der Waals surface area contributed by atoms with Gasteiger partial charge in [0.05, 0.1) is 9.90 Å². The van der Waals surface area contributed by atoms with Crippen LogP contribution >= 0.6 is 23.1 Å². The summed E-state index contributed by atoms with van der Waals surface area (Å²) in [4.78, 5) is 16.5. The summed E-state index contributed by atoms with van der Waals surface area (Å²) < 4.78 is 28.5. The molecule has 2 aromatic rings. The first-order valence-electron chi connectivity index (χ1n) is 6.77. The summed E-state index contributed by atoms with van der Waals surface area (Å²) in [5.41, 5.74) is 0.892. The Morgan fingerprint density at radius 2 is 2.09 bits per heavy atom. The van der Waals surface area contributed by atoms with Crippen LogP contribution in [-0.2, 0) is 4.79 Å². The largest absolute Gasteiger partial charge is 0.302 e. The smallest absolute Gasteiger partial charge is 0.229 e. The molecule has 0 aliphatic heterocycles. The summed E-state index contributed by atoms with van der Waals surface area (Å²) in [6.07, 6.45) is 2.41. The van der Waals surface area contributed by atoms with E-state index >= 15 is 0 Å². The molecular formula is C15H14F2N2OS2. The Morgan fingerprint density at radius 1 is 1.41 bits per heavy atom. The van der Waals surface area contributed by atoms with Gasteiger partial charge in [0.15, 0.2) is 5.13 Å². The lowest BCUT2D eigenvalue weighted by molar-refractivity contribution is -0.117. The van der Waals surface area contributed by atoms with Gasteiger partial charge in [0, 0.05) is 17.4 Å². The number of anilines is 1. The number of thiazole rings is 1. The number of hydrogen-bond acceptors (Lipinski definition) is 4.